The number of ether oxygens (including phenoxy) is 1. The van der Waals surface area contributed by atoms with Crippen molar-refractivity contribution in [3.63, 3.8) is 0 Å². The van der Waals surface area contributed by atoms with E-state index in [0.717, 1.165) is 0 Å². The van der Waals surface area contributed by atoms with Gasteiger partial charge in [-0.25, -0.2) is 9.59 Å². The zero-order chi connectivity index (χ0) is 18.0. The third kappa shape index (κ3) is 3.30. The van der Waals surface area contributed by atoms with Crippen molar-refractivity contribution in [1.82, 2.24) is 4.57 Å². The lowest BCUT2D eigenvalue weighted by Gasteiger charge is -2.12. The van der Waals surface area contributed by atoms with E-state index in [2.05, 4.69) is 0 Å². The third-order valence-electron chi connectivity index (χ3n) is 3.84. The molecule has 7 nitrogen and oxygen atoms in total. The standard InChI is InChI=1S/C18H16N2O5/c1-11(20-14-7-2-3-8-15(14)25-18(20)23)17(22)24-10-12-5-4-6-13(9-12)16(19)21/h2-9,11H,10H2,1H3,(H2,19,21)/t11-/m0/s1. The molecule has 1 aromatic heterocycles. The lowest BCUT2D eigenvalue weighted by molar-refractivity contribution is -0.148. The van der Waals surface area contributed by atoms with E-state index in [9.17, 15) is 14.4 Å². The minimum atomic E-state index is -0.851. The summed E-state index contributed by atoms with van der Waals surface area (Å²) in [5.74, 6) is -1.77. The van der Waals surface area contributed by atoms with Crippen LogP contribution in [0.4, 0.5) is 0 Å². The predicted octanol–water partition coefficient (Wildman–Crippen LogP) is 2.00. The molecule has 0 aliphatic rings. The van der Waals surface area contributed by atoms with Gasteiger partial charge in [0.15, 0.2) is 5.58 Å². The number of fused-ring (bicyclic) bond motifs is 1. The largest absolute Gasteiger partial charge is 0.459 e. The van der Waals surface area contributed by atoms with Gasteiger partial charge in [-0.3, -0.25) is 9.36 Å². The van der Waals surface area contributed by atoms with Crippen molar-refractivity contribution in [2.24, 2.45) is 5.73 Å². The number of hydrogen-bond donors (Lipinski definition) is 1. The number of hydrogen-bond acceptors (Lipinski definition) is 5. The second-order valence-electron chi connectivity index (χ2n) is 5.55. The Labute approximate surface area is 142 Å². The van der Waals surface area contributed by atoms with E-state index in [-0.39, 0.29) is 6.61 Å². The Morgan fingerprint density at radius 3 is 2.72 bits per heavy atom. The molecule has 25 heavy (non-hydrogen) atoms. The number of benzene rings is 2. The van der Waals surface area contributed by atoms with E-state index in [1.165, 1.54) is 4.57 Å². The van der Waals surface area contributed by atoms with Gasteiger partial charge < -0.3 is 14.9 Å². The van der Waals surface area contributed by atoms with Crippen LogP contribution in [-0.2, 0) is 16.1 Å². The first-order valence-corrected chi connectivity index (χ1v) is 7.63. The highest BCUT2D eigenvalue weighted by molar-refractivity contribution is 5.92. The first kappa shape index (κ1) is 16.5. The van der Waals surface area contributed by atoms with Gasteiger partial charge in [0, 0.05) is 5.56 Å². The third-order valence-corrected chi connectivity index (χ3v) is 3.84. The Kier molecular flexibility index (Phi) is 4.38. The van der Waals surface area contributed by atoms with Gasteiger partial charge in [-0.1, -0.05) is 24.3 Å². The van der Waals surface area contributed by atoms with Crippen LogP contribution in [0.5, 0.6) is 0 Å². The lowest BCUT2D eigenvalue weighted by atomic mass is 10.1. The van der Waals surface area contributed by atoms with Crippen LogP contribution in [0.1, 0.15) is 28.9 Å². The van der Waals surface area contributed by atoms with Gasteiger partial charge in [0.1, 0.15) is 12.6 Å². The predicted molar refractivity (Wildman–Crippen MR) is 89.9 cm³/mol. The number of primary amides is 1. The number of aromatic nitrogens is 1. The molecule has 0 unspecified atom stereocenters. The molecule has 1 atom stereocenters. The Morgan fingerprint density at radius 1 is 1.20 bits per heavy atom. The van der Waals surface area contributed by atoms with Crippen molar-refractivity contribution < 1.29 is 18.7 Å². The molecule has 2 aromatic carbocycles. The fourth-order valence-corrected chi connectivity index (χ4v) is 2.55. The van der Waals surface area contributed by atoms with Crippen LogP contribution in [-0.4, -0.2) is 16.4 Å². The first-order valence-electron chi connectivity index (χ1n) is 7.63. The quantitative estimate of drug-likeness (QED) is 0.715. The molecule has 0 fully saturated rings. The topological polar surface area (TPSA) is 105 Å². The minimum absolute atomic E-state index is 0.0329. The molecule has 128 valence electrons. The molecule has 0 saturated carbocycles. The molecule has 0 radical (unpaired) electrons. The minimum Gasteiger partial charge on any atom is -0.459 e. The molecule has 0 bridgehead atoms. The summed E-state index contributed by atoms with van der Waals surface area (Å²) in [6.07, 6.45) is 0. The molecule has 1 amide bonds. The van der Waals surface area contributed by atoms with Crippen LogP contribution in [0, 0.1) is 0 Å². The first-order chi connectivity index (χ1) is 12.0. The number of para-hydroxylation sites is 2. The monoisotopic (exact) mass is 340 g/mol. The molecule has 0 spiro atoms. The Hall–Kier alpha value is -3.35. The van der Waals surface area contributed by atoms with E-state index in [4.69, 9.17) is 14.9 Å². The second kappa shape index (κ2) is 6.64. The summed E-state index contributed by atoms with van der Waals surface area (Å²) in [6.45, 7) is 1.53. The maximum Gasteiger partial charge on any atom is 0.420 e. The molecule has 0 aliphatic carbocycles. The van der Waals surface area contributed by atoms with Crippen LogP contribution in [0.3, 0.4) is 0 Å². The van der Waals surface area contributed by atoms with Crippen molar-refractivity contribution in [3.8, 4) is 0 Å². The summed E-state index contributed by atoms with van der Waals surface area (Å²) in [4.78, 5) is 35.5. The van der Waals surface area contributed by atoms with Crippen LogP contribution >= 0.6 is 0 Å². The molecule has 3 rings (SSSR count). The summed E-state index contributed by atoms with van der Waals surface area (Å²) >= 11 is 0. The van der Waals surface area contributed by atoms with E-state index in [0.29, 0.717) is 22.2 Å². The zero-order valence-electron chi connectivity index (χ0n) is 13.5. The maximum absolute atomic E-state index is 12.3. The fraction of sp³-hybridized carbons (Fsp3) is 0.167. The molecule has 0 saturated heterocycles. The number of rotatable bonds is 5. The fourth-order valence-electron chi connectivity index (χ4n) is 2.55. The number of amides is 1. The van der Waals surface area contributed by atoms with Gasteiger partial charge in [0.05, 0.1) is 5.52 Å². The summed E-state index contributed by atoms with van der Waals surface area (Å²) in [6, 6.07) is 12.5. The summed E-state index contributed by atoms with van der Waals surface area (Å²) < 4.78 is 11.6. The smallest absolute Gasteiger partial charge is 0.420 e. The van der Waals surface area contributed by atoms with E-state index >= 15 is 0 Å². The van der Waals surface area contributed by atoms with Gasteiger partial charge in [0.25, 0.3) is 0 Å². The number of carbonyl (C=O) groups excluding carboxylic acids is 2. The van der Waals surface area contributed by atoms with Gasteiger partial charge in [0.2, 0.25) is 5.91 Å². The SMILES string of the molecule is C[C@@H](C(=O)OCc1cccc(C(N)=O)c1)n1c(=O)oc2ccccc21. The van der Waals surface area contributed by atoms with Crippen molar-refractivity contribution >= 4 is 23.0 Å². The highest BCUT2D eigenvalue weighted by Crippen LogP contribution is 2.18. The van der Waals surface area contributed by atoms with Gasteiger partial charge in [-0.15, -0.1) is 0 Å². The van der Waals surface area contributed by atoms with Crippen molar-refractivity contribution in [2.45, 2.75) is 19.6 Å². The highest BCUT2D eigenvalue weighted by Gasteiger charge is 2.22. The normalized spacial score (nSPS) is 12.0. The van der Waals surface area contributed by atoms with Crippen LogP contribution in [0.2, 0.25) is 0 Å². The molecular formula is C18H16N2O5. The summed E-state index contributed by atoms with van der Waals surface area (Å²) in [7, 11) is 0. The molecule has 7 heteroatoms. The maximum atomic E-state index is 12.3. The molecular weight excluding hydrogens is 324 g/mol. The average molecular weight is 340 g/mol. The van der Waals surface area contributed by atoms with Gasteiger partial charge in [-0.2, -0.15) is 0 Å². The summed E-state index contributed by atoms with van der Waals surface area (Å²) in [5.41, 5.74) is 7.11. The van der Waals surface area contributed by atoms with E-state index < -0.39 is 23.7 Å². The van der Waals surface area contributed by atoms with Crippen molar-refractivity contribution in [1.29, 1.82) is 0 Å². The second-order valence-corrected chi connectivity index (χ2v) is 5.55. The number of nitrogens with zero attached hydrogens (tertiary/aromatic N) is 1. The molecule has 3 aromatic rings. The average Bonchev–Trinajstić information content (AvgIpc) is 2.95. The number of esters is 1. The van der Waals surface area contributed by atoms with Crippen LogP contribution in [0.15, 0.2) is 57.7 Å². The van der Waals surface area contributed by atoms with Crippen LogP contribution < -0.4 is 11.5 Å². The number of nitrogens with two attached hydrogens (primary N) is 1. The van der Waals surface area contributed by atoms with Crippen molar-refractivity contribution in [3.05, 3.63) is 70.2 Å². The highest BCUT2D eigenvalue weighted by atomic mass is 16.5. The van der Waals surface area contributed by atoms with E-state index in [1.54, 1.807) is 55.5 Å². The molecule has 2 N–H and O–H groups in total. The number of carbonyl (C=O) groups is 2. The van der Waals surface area contributed by atoms with Gasteiger partial charge >= 0.3 is 11.7 Å². The Bertz CT molecular complexity index is 1000. The van der Waals surface area contributed by atoms with Gasteiger partial charge in [-0.05, 0) is 36.8 Å². The molecule has 0 aliphatic heterocycles. The van der Waals surface area contributed by atoms with E-state index in [1.807, 2.05) is 0 Å². The lowest BCUT2D eigenvalue weighted by Crippen LogP contribution is -2.26. The molecule has 1 heterocycles. The Morgan fingerprint density at radius 2 is 1.96 bits per heavy atom. The number of oxazole rings is 1. The Balaban J connectivity index is 1.77. The van der Waals surface area contributed by atoms with Crippen molar-refractivity contribution in [2.75, 3.05) is 0 Å². The van der Waals surface area contributed by atoms with Crippen LogP contribution in [0.25, 0.3) is 11.1 Å². The zero-order valence-corrected chi connectivity index (χ0v) is 13.5. The summed E-state index contributed by atoms with van der Waals surface area (Å²) in [5, 5.41) is 0.